The summed E-state index contributed by atoms with van der Waals surface area (Å²) in [5.74, 6) is 1.38. The maximum atomic E-state index is 12.8. The first-order valence-corrected chi connectivity index (χ1v) is 10.6. The lowest BCUT2D eigenvalue weighted by Gasteiger charge is -2.11. The summed E-state index contributed by atoms with van der Waals surface area (Å²) < 4.78 is 34.5. The van der Waals surface area contributed by atoms with Crippen molar-refractivity contribution in [1.29, 1.82) is 0 Å². The molecule has 0 saturated heterocycles. The highest BCUT2D eigenvalue weighted by atomic mass is 79.9. The fourth-order valence-corrected chi connectivity index (χ4v) is 4.05. The number of aromatic nitrogens is 2. The molecule has 0 radical (unpaired) electrons. The Balaban J connectivity index is 1.60. The number of anilines is 1. The van der Waals surface area contributed by atoms with Crippen LogP contribution in [0.25, 0.3) is 10.9 Å². The van der Waals surface area contributed by atoms with Crippen LogP contribution in [-0.2, 0) is 10.0 Å². The highest BCUT2D eigenvalue weighted by Crippen LogP contribution is 2.28. The van der Waals surface area contributed by atoms with E-state index in [4.69, 9.17) is 4.74 Å². The van der Waals surface area contributed by atoms with Crippen LogP contribution in [0.3, 0.4) is 0 Å². The predicted octanol–water partition coefficient (Wildman–Crippen LogP) is 4.99. The first-order valence-electron chi connectivity index (χ1n) is 8.28. The van der Waals surface area contributed by atoms with E-state index >= 15 is 0 Å². The number of hydrogen-bond donors (Lipinski definition) is 1. The summed E-state index contributed by atoms with van der Waals surface area (Å²) in [5, 5.41) is 0.766. The Morgan fingerprint density at radius 3 is 2.32 bits per heavy atom. The zero-order chi connectivity index (χ0) is 19.6. The van der Waals surface area contributed by atoms with Gasteiger partial charge in [-0.3, -0.25) is 9.71 Å². The molecular weight excluding hydrogens is 442 g/mol. The first kappa shape index (κ1) is 18.4. The van der Waals surface area contributed by atoms with E-state index in [0.29, 0.717) is 17.0 Å². The van der Waals surface area contributed by atoms with Crippen molar-refractivity contribution in [2.45, 2.75) is 4.90 Å². The predicted molar refractivity (Wildman–Crippen MR) is 111 cm³/mol. The van der Waals surface area contributed by atoms with E-state index in [9.17, 15) is 8.42 Å². The van der Waals surface area contributed by atoms with E-state index < -0.39 is 10.0 Å². The van der Waals surface area contributed by atoms with E-state index in [1.165, 1.54) is 12.1 Å². The van der Waals surface area contributed by atoms with Gasteiger partial charge in [-0.25, -0.2) is 13.4 Å². The van der Waals surface area contributed by atoms with Crippen LogP contribution in [0.4, 0.5) is 5.82 Å². The second kappa shape index (κ2) is 7.57. The van der Waals surface area contributed by atoms with Crippen molar-refractivity contribution < 1.29 is 13.2 Å². The third kappa shape index (κ3) is 3.83. The molecular formula is C20H14BrN3O3S. The Labute approximate surface area is 170 Å². The van der Waals surface area contributed by atoms with Gasteiger partial charge >= 0.3 is 0 Å². The molecule has 0 bridgehead atoms. The molecule has 1 N–H and O–H groups in total. The molecule has 2 aromatic heterocycles. The number of benzene rings is 2. The maximum Gasteiger partial charge on any atom is 0.263 e. The summed E-state index contributed by atoms with van der Waals surface area (Å²) in [6, 6.07) is 19.0. The van der Waals surface area contributed by atoms with Gasteiger partial charge in [0.05, 0.1) is 4.90 Å². The van der Waals surface area contributed by atoms with E-state index in [1.807, 2.05) is 36.4 Å². The second-order valence-electron chi connectivity index (χ2n) is 5.85. The van der Waals surface area contributed by atoms with Crippen LogP contribution in [0.2, 0.25) is 0 Å². The van der Waals surface area contributed by atoms with Gasteiger partial charge in [-0.2, -0.15) is 0 Å². The Kier molecular flexibility index (Phi) is 4.97. The number of sulfonamides is 1. The summed E-state index contributed by atoms with van der Waals surface area (Å²) in [6.45, 7) is 0. The normalized spacial score (nSPS) is 11.3. The van der Waals surface area contributed by atoms with Gasteiger partial charge in [0.15, 0.2) is 5.82 Å². The minimum Gasteiger partial charge on any atom is -0.457 e. The molecule has 0 aliphatic heterocycles. The molecule has 0 spiro atoms. The largest absolute Gasteiger partial charge is 0.457 e. The molecule has 0 amide bonds. The van der Waals surface area contributed by atoms with Gasteiger partial charge in [-0.05, 0) is 64.5 Å². The molecule has 2 aromatic carbocycles. The van der Waals surface area contributed by atoms with Crippen LogP contribution in [0.1, 0.15) is 0 Å². The fraction of sp³-hybridized carbons (Fsp3) is 0. The van der Waals surface area contributed by atoms with Gasteiger partial charge in [-0.15, -0.1) is 0 Å². The van der Waals surface area contributed by atoms with Crippen LogP contribution in [0, 0.1) is 0 Å². The Bertz CT molecular complexity index is 1230. The van der Waals surface area contributed by atoms with Gasteiger partial charge in [0.1, 0.15) is 17.0 Å². The molecule has 28 heavy (non-hydrogen) atoms. The number of rotatable bonds is 5. The zero-order valence-corrected chi connectivity index (χ0v) is 16.8. The minimum atomic E-state index is -3.83. The van der Waals surface area contributed by atoms with Crippen LogP contribution in [-0.4, -0.2) is 18.4 Å². The average Bonchev–Trinajstić information content (AvgIpc) is 2.71. The standard InChI is InChI=1S/C20H14BrN3O3S/c21-18-13-23-20(19-17(18)7-4-12-22-19)24-28(25,26)16-10-8-15(9-11-16)27-14-5-2-1-3-6-14/h1-13H,(H,23,24). The van der Waals surface area contributed by atoms with Gasteiger partial charge in [-0.1, -0.05) is 18.2 Å². The molecule has 2 heterocycles. The van der Waals surface area contributed by atoms with E-state index in [-0.39, 0.29) is 10.7 Å². The molecule has 0 aliphatic rings. The topological polar surface area (TPSA) is 81.2 Å². The summed E-state index contributed by atoms with van der Waals surface area (Å²) in [4.78, 5) is 8.51. The number of hydrogen-bond acceptors (Lipinski definition) is 5. The van der Waals surface area contributed by atoms with Crippen molar-refractivity contribution in [3.63, 3.8) is 0 Å². The van der Waals surface area contributed by atoms with E-state index in [2.05, 4.69) is 30.6 Å². The number of fused-ring (bicyclic) bond motifs is 1. The third-order valence-electron chi connectivity index (χ3n) is 3.94. The van der Waals surface area contributed by atoms with Crippen molar-refractivity contribution in [3.05, 3.63) is 83.6 Å². The number of pyridine rings is 2. The molecule has 6 nitrogen and oxygen atoms in total. The summed E-state index contributed by atoms with van der Waals surface area (Å²) in [5.41, 5.74) is 0.462. The average molecular weight is 456 g/mol. The Morgan fingerprint density at radius 2 is 1.57 bits per heavy atom. The minimum absolute atomic E-state index is 0.0988. The molecule has 0 fully saturated rings. The third-order valence-corrected chi connectivity index (χ3v) is 5.93. The molecule has 0 saturated carbocycles. The number of para-hydroxylation sites is 1. The number of ether oxygens (including phenoxy) is 1. The van der Waals surface area contributed by atoms with Crippen LogP contribution < -0.4 is 9.46 Å². The first-order chi connectivity index (χ1) is 13.5. The molecule has 0 unspecified atom stereocenters. The van der Waals surface area contributed by atoms with E-state index in [1.54, 1.807) is 30.6 Å². The zero-order valence-electron chi connectivity index (χ0n) is 14.4. The van der Waals surface area contributed by atoms with Gasteiger partial charge in [0.25, 0.3) is 10.0 Å². The molecule has 0 aliphatic carbocycles. The number of halogens is 1. The summed E-state index contributed by atoms with van der Waals surface area (Å²) in [6.07, 6.45) is 3.13. The van der Waals surface area contributed by atoms with E-state index in [0.717, 1.165) is 9.86 Å². The molecule has 8 heteroatoms. The molecule has 140 valence electrons. The van der Waals surface area contributed by atoms with Crippen LogP contribution >= 0.6 is 15.9 Å². The molecule has 0 atom stereocenters. The van der Waals surface area contributed by atoms with Crippen LogP contribution in [0.15, 0.2) is 88.5 Å². The summed E-state index contributed by atoms with van der Waals surface area (Å²) >= 11 is 3.40. The Hall–Kier alpha value is -2.97. The fourth-order valence-electron chi connectivity index (χ4n) is 2.61. The molecule has 4 aromatic rings. The van der Waals surface area contributed by atoms with Crippen molar-refractivity contribution in [3.8, 4) is 11.5 Å². The number of nitrogens with one attached hydrogen (secondary N) is 1. The summed E-state index contributed by atoms with van der Waals surface area (Å²) in [7, 11) is -3.83. The quantitative estimate of drug-likeness (QED) is 0.458. The van der Waals surface area contributed by atoms with Gasteiger partial charge in [0.2, 0.25) is 0 Å². The van der Waals surface area contributed by atoms with Crippen molar-refractivity contribution in [2.75, 3.05) is 4.72 Å². The van der Waals surface area contributed by atoms with Crippen molar-refractivity contribution in [2.24, 2.45) is 0 Å². The Morgan fingerprint density at radius 1 is 0.857 bits per heavy atom. The lowest BCUT2D eigenvalue weighted by molar-refractivity contribution is 0.482. The maximum absolute atomic E-state index is 12.8. The highest BCUT2D eigenvalue weighted by molar-refractivity contribution is 9.10. The van der Waals surface area contributed by atoms with Crippen molar-refractivity contribution >= 4 is 42.7 Å². The van der Waals surface area contributed by atoms with Gasteiger partial charge in [0, 0.05) is 22.3 Å². The van der Waals surface area contributed by atoms with Crippen LogP contribution in [0.5, 0.6) is 11.5 Å². The van der Waals surface area contributed by atoms with Crippen molar-refractivity contribution in [1.82, 2.24) is 9.97 Å². The molecule has 4 rings (SSSR count). The smallest absolute Gasteiger partial charge is 0.263 e. The highest BCUT2D eigenvalue weighted by Gasteiger charge is 2.18. The lowest BCUT2D eigenvalue weighted by Crippen LogP contribution is -2.14. The monoisotopic (exact) mass is 455 g/mol. The number of nitrogens with zero attached hydrogens (tertiary/aromatic N) is 2. The lowest BCUT2D eigenvalue weighted by atomic mass is 10.2. The SMILES string of the molecule is O=S(=O)(Nc1ncc(Br)c2cccnc12)c1ccc(Oc2ccccc2)cc1. The second-order valence-corrected chi connectivity index (χ2v) is 8.38. The van der Waals surface area contributed by atoms with Gasteiger partial charge < -0.3 is 4.74 Å².